The third-order valence-electron chi connectivity index (χ3n) is 10.2. The van der Waals surface area contributed by atoms with Crippen molar-refractivity contribution in [3.63, 3.8) is 0 Å². The number of carbonyl (C=O) groups is 1. The van der Waals surface area contributed by atoms with Crippen LogP contribution in [0.15, 0.2) is 0 Å². The molecular weight excluding hydrogens is 371 g/mol. The number of carboxylic acid groups (broad SMARTS) is 1. The molecule has 5 heteroatoms. The summed E-state index contributed by atoms with van der Waals surface area (Å²) in [6.07, 6.45) is 4.57. The molecule has 4 aliphatic carbocycles. The van der Waals surface area contributed by atoms with Crippen molar-refractivity contribution in [1.82, 2.24) is 0 Å². The zero-order valence-electron chi connectivity index (χ0n) is 18.2. The molecule has 0 aromatic heterocycles. The van der Waals surface area contributed by atoms with Crippen molar-refractivity contribution in [2.75, 3.05) is 0 Å². The monoisotopic (exact) mass is 410 g/mol. The van der Waals surface area contributed by atoms with Gasteiger partial charge >= 0.3 is 5.97 Å². The van der Waals surface area contributed by atoms with Crippen LogP contribution in [0.5, 0.6) is 0 Å². The standard InChI is InChI=1S/C24H39FO4/c1-13(4-7-19(27)28)15-5-6-16-20-17(9-11-23(15,16)2)24(3)10-8-14(26)12-18(24)21(25)22(20)29/h13-18,20-22,26,29H,4-12H2,1-3H3,(H,27,28)/t13-,14+,15-,16+,17+,18?,20+,21-,22-,23-,24-/m1/s1. The minimum absolute atomic E-state index is 0.00285. The second-order valence-corrected chi connectivity index (χ2v) is 11.4. The highest BCUT2D eigenvalue weighted by Gasteiger charge is 2.65. The summed E-state index contributed by atoms with van der Waals surface area (Å²) in [7, 11) is 0. The van der Waals surface area contributed by atoms with E-state index in [9.17, 15) is 15.0 Å². The van der Waals surface area contributed by atoms with Gasteiger partial charge in [-0.25, -0.2) is 4.39 Å². The topological polar surface area (TPSA) is 77.8 Å². The van der Waals surface area contributed by atoms with E-state index in [2.05, 4.69) is 20.8 Å². The average molecular weight is 411 g/mol. The minimum Gasteiger partial charge on any atom is -0.481 e. The quantitative estimate of drug-likeness (QED) is 0.641. The van der Waals surface area contributed by atoms with Gasteiger partial charge in [-0.05, 0) is 91.8 Å². The van der Waals surface area contributed by atoms with Crippen molar-refractivity contribution in [3.05, 3.63) is 0 Å². The van der Waals surface area contributed by atoms with Gasteiger partial charge in [0.2, 0.25) is 0 Å². The molecule has 11 atom stereocenters. The highest BCUT2D eigenvalue weighted by Crippen LogP contribution is 2.68. The lowest BCUT2D eigenvalue weighted by Gasteiger charge is -2.63. The average Bonchev–Trinajstić information content (AvgIpc) is 3.02. The Morgan fingerprint density at radius 1 is 1.03 bits per heavy atom. The number of hydrogen-bond acceptors (Lipinski definition) is 3. The molecule has 29 heavy (non-hydrogen) atoms. The zero-order chi connectivity index (χ0) is 21.1. The minimum atomic E-state index is -1.25. The molecule has 0 saturated heterocycles. The highest BCUT2D eigenvalue weighted by atomic mass is 19.1. The summed E-state index contributed by atoms with van der Waals surface area (Å²) < 4.78 is 15.5. The van der Waals surface area contributed by atoms with E-state index in [-0.39, 0.29) is 29.1 Å². The van der Waals surface area contributed by atoms with Gasteiger partial charge in [0.05, 0.1) is 12.2 Å². The predicted octanol–water partition coefficient (Wildman–Crippen LogP) is 4.43. The number of halogens is 1. The molecule has 4 saturated carbocycles. The molecule has 0 radical (unpaired) electrons. The number of hydrogen-bond donors (Lipinski definition) is 3. The first kappa shape index (κ1) is 21.5. The van der Waals surface area contributed by atoms with Crippen molar-refractivity contribution in [2.45, 2.75) is 96.9 Å². The lowest BCUT2D eigenvalue weighted by Crippen LogP contribution is -2.63. The number of aliphatic hydroxyl groups is 2. The Balaban J connectivity index is 1.59. The van der Waals surface area contributed by atoms with Gasteiger partial charge in [-0.2, -0.15) is 0 Å². The number of carboxylic acids is 1. The van der Waals surface area contributed by atoms with Crippen molar-refractivity contribution < 1.29 is 24.5 Å². The van der Waals surface area contributed by atoms with Gasteiger partial charge in [-0.3, -0.25) is 4.79 Å². The summed E-state index contributed by atoms with van der Waals surface area (Å²) in [6.45, 7) is 6.74. The van der Waals surface area contributed by atoms with Crippen LogP contribution in [0.2, 0.25) is 0 Å². The fraction of sp³-hybridized carbons (Fsp3) is 0.958. The summed E-state index contributed by atoms with van der Waals surface area (Å²) in [5.41, 5.74) is -0.0615. The first-order valence-electron chi connectivity index (χ1n) is 11.8. The van der Waals surface area contributed by atoms with Crippen LogP contribution in [0, 0.1) is 46.3 Å². The Labute approximate surface area is 174 Å². The highest BCUT2D eigenvalue weighted by molar-refractivity contribution is 5.66. The third kappa shape index (κ3) is 3.26. The first-order valence-corrected chi connectivity index (χ1v) is 11.8. The molecule has 0 spiro atoms. The maximum atomic E-state index is 15.5. The number of aliphatic hydroxyl groups excluding tert-OH is 2. The number of rotatable bonds is 4. The molecule has 0 heterocycles. The molecule has 0 aromatic carbocycles. The molecule has 4 aliphatic rings. The van der Waals surface area contributed by atoms with Crippen LogP contribution in [0.25, 0.3) is 0 Å². The Hall–Kier alpha value is -0.680. The lowest BCUT2D eigenvalue weighted by molar-refractivity contribution is -0.206. The van der Waals surface area contributed by atoms with Crippen molar-refractivity contribution in [2.24, 2.45) is 46.3 Å². The normalized spacial score (nSPS) is 52.9. The molecule has 0 aliphatic heterocycles. The van der Waals surface area contributed by atoms with E-state index < -0.39 is 24.3 Å². The lowest BCUT2D eigenvalue weighted by atomic mass is 9.43. The SMILES string of the molecule is C[C@H](CCC(=O)O)[C@H]1CC[C@H]2[C@@H]3[C@@H](O)[C@H](F)C4C[C@@H](O)CC[C@]4(C)[C@H]3CC[C@]12C. The van der Waals surface area contributed by atoms with Gasteiger partial charge in [0.1, 0.15) is 6.17 Å². The maximum absolute atomic E-state index is 15.5. The summed E-state index contributed by atoms with van der Waals surface area (Å²) in [4.78, 5) is 11.0. The fourth-order valence-electron chi connectivity index (χ4n) is 8.72. The number of aliphatic carboxylic acids is 1. The van der Waals surface area contributed by atoms with Crippen LogP contribution in [0.4, 0.5) is 4.39 Å². The van der Waals surface area contributed by atoms with Crippen LogP contribution in [-0.2, 0) is 4.79 Å². The van der Waals surface area contributed by atoms with E-state index in [0.717, 1.165) is 38.5 Å². The Morgan fingerprint density at radius 3 is 2.38 bits per heavy atom. The van der Waals surface area contributed by atoms with E-state index in [0.29, 0.717) is 36.5 Å². The molecule has 0 aromatic rings. The van der Waals surface area contributed by atoms with Gasteiger partial charge in [-0.15, -0.1) is 0 Å². The maximum Gasteiger partial charge on any atom is 0.303 e. The predicted molar refractivity (Wildman–Crippen MR) is 109 cm³/mol. The van der Waals surface area contributed by atoms with Crippen molar-refractivity contribution in [3.8, 4) is 0 Å². The largest absolute Gasteiger partial charge is 0.481 e. The fourth-order valence-corrected chi connectivity index (χ4v) is 8.72. The van der Waals surface area contributed by atoms with Crippen molar-refractivity contribution in [1.29, 1.82) is 0 Å². The van der Waals surface area contributed by atoms with Gasteiger partial charge in [0, 0.05) is 12.3 Å². The summed E-state index contributed by atoms with van der Waals surface area (Å²) in [6, 6.07) is 0. The van der Waals surface area contributed by atoms with Gasteiger partial charge in [0.25, 0.3) is 0 Å². The number of alkyl halides is 1. The summed E-state index contributed by atoms with van der Waals surface area (Å²) in [5, 5.41) is 30.4. The second-order valence-electron chi connectivity index (χ2n) is 11.4. The molecule has 1 unspecified atom stereocenters. The van der Waals surface area contributed by atoms with E-state index >= 15 is 4.39 Å². The van der Waals surface area contributed by atoms with Crippen LogP contribution < -0.4 is 0 Å². The molecule has 0 amide bonds. The van der Waals surface area contributed by atoms with E-state index in [1.54, 1.807) is 0 Å². The Bertz CT molecular complexity index is 640. The Kier molecular flexibility index (Phi) is 5.55. The van der Waals surface area contributed by atoms with Crippen molar-refractivity contribution >= 4 is 5.97 Å². The van der Waals surface area contributed by atoms with Crippen LogP contribution in [0.1, 0.15) is 78.6 Å². The van der Waals surface area contributed by atoms with Crippen LogP contribution in [-0.4, -0.2) is 39.7 Å². The van der Waals surface area contributed by atoms with Gasteiger partial charge in [-0.1, -0.05) is 20.8 Å². The summed E-state index contributed by atoms with van der Waals surface area (Å²) in [5.74, 6) is 0.464. The molecule has 166 valence electrons. The molecule has 4 nitrogen and oxygen atoms in total. The molecule has 0 bridgehead atoms. The second kappa shape index (κ2) is 7.47. The zero-order valence-corrected chi connectivity index (χ0v) is 18.2. The smallest absolute Gasteiger partial charge is 0.303 e. The van der Waals surface area contributed by atoms with Gasteiger partial charge < -0.3 is 15.3 Å². The number of fused-ring (bicyclic) bond motifs is 5. The molecule has 3 N–H and O–H groups in total. The molecule has 4 fully saturated rings. The molecule has 4 rings (SSSR count). The third-order valence-corrected chi connectivity index (χ3v) is 10.2. The molecular formula is C24H39FO4. The van der Waals surface area contributed by atoms with Crippen LogP contribution in [0.3, 0.4) is 0 Å². The van der Waals surface area contributed by atoms with E-state index in [4.69, 9.17) is 5.11 Å². The van der Waals surface area contributed by atoms with E-state index in [1.807, 2.05) is 0 Å². The first-order chi connectivity index (χ1) is 13.6. The van der Waals surface area contributed by atoms with E-state index in [1.165, 1.54) is 0 Å². The summed E-state index contributed by atoms with van der Waals surface area (Å²) >= 11 is 0. The van der Waals surface area contributed by atoms with Gasteiger partial charge in [0.15, 0.2) is 0 Å². The van der Waals surface area contributed by atoms with Crippen LogP contribution >= 0.6 is 0 Å². The Morgan fingerprint density at radius 2 is 1.69 bits per heavy atom.